The Balaban J connectivity index is 0.000000385. The Hall–Kier alpha value is -2.29. The zero-order valence-electron chi connectivity index (χ0n) is 8.96. The summed E-state index contributed by atoms with van der Waals surface area (Å²) in [5, 5.41) is 0. The molecule has 0 saturated carbocycles. The van der Waals surface area contributed by atoms with Gasteiger partial charge in [0.25, 0.3) is 0 Å². The summed E-state index contributed by atoms with van der Waals surface area (Å²) >= 11 is 0. The summed E-state index contributed by atoms with van der Waals surface area (Å²) in [5.41, 5.74) is 0. The van der Waals surface area contributed by atoms with E-state index in [-0.39, 0.29) is 0 Å². The number of benzene rings is 1. The van der Waals surface area contributed by atoms with Crippen molar-refractivity contribution in [2.24, 2.45) is 0 Å². The van der Waals surface area contributed by atoms with Crippen LogP contribution >= 0.6 is 0 Å². The summed E-state index contributed by atoms with van der Waals surface area (Å²) < 4.78 is 9.17. The fraction of sp³-hybridized carbons (Fsp3) is 0. The van der Waals surface area contributed by atoms with Crippen LogP contribution in [0.5, 0.6) is 5.75 Å². The van der Waals surface area contributed by atoms with Gasteiger partial charge in [0.1, 0.15) is 5.75 Å². The van der Waals surface area contributed by atoms with E-state index in [0.29, 0.717) is 5.75 Å². The van der Waals surface area contributed by atoms with Gasteiger partial charge in [0.15, 0.2) is 0 Å². The highest BCUT2D eigenvalue weighted by atomic mass is 16.5. The van der Waals surface area contributed by atoms with Crippen LogP contribution in [0.1, 0.15) is 0 Å². The van der Waals surface area contributed by atoms with Crippen molar-refractivity contribution in [1.82, 2.24) is 0 Å². The summed E-state index contributed by atoms with van der Waals surface area (Å²) in [4.78, 5) is 10.6. The summed E-state index contributed by atoms with van der Waals surface area (Å²) in [6, 6.07) is 8.87. The lowest BCUT2D eigenvalue weighted by atomic mass is 10.3. The number of carbonyl (C=O) groups is 1. The van der Waals surface area contributed by atoms with Crippen LogP contribution in [0.2, 0.25) is 0 Å². The molecule has 3 heteroatoms. The first-order valence-electron chi connectivity index (χ1n) is 4.51. The fourth-order valence-electron chi connectivity index (χ4n) is 0.714. The first kappa shape index (κ1) is 13.7. The van der Waals surface area contributed by atoms with Gasteiger partial charge in [-0.05, 0) is 12.1 Å². The molecule has 0 atom stereocenters. The van der Waals surface area contributed by atoms with Gasteiger partial charge in [0.2, 0.25) is 0 Å². The third-order valence-electron chi connectivity index (χ3n) is 1.32. The van der Waals surface area contributed by atoms with E-state index in [1.165, 1.54) is 12.5 Å². The second-order valence-corrected chi connectivity index (χ2v) is 2.41. The largest absolute Gasteiger partial charge is 0.474 e. The maximum atomic E-state index is 10.6. The van der Waals surface area contributed by atoms with Crippen LogP contribution < -0.4 is 4.74 Å². The monoisotopic (exact) mass is 218 g/mol. The molecule has 0 N–H and O–H groups in total. The van der Waals surface area contributed by atoms with Gasteiger partial charge in [-0.3, -0.25) is 0 Å². The normalized spacial score (nSPS) is 7.75. The molecule has 0 unspecified atom stereocenters. The molecule has 0 aliphatic heterocycles. The van der Waals surface area contributed by atoms with Crippen molar-refractivity contribution in [3.8, 4) is 5.75 Å². The third-order valence-corrected chi connectivity index (χ3v) is 1.32. The number of carbonyl (C=O) groups excluding carboxylic acids is 1. The fourth-order valence-corrected chi connectivity index (χ4v) is 0.714. The summed E-state index contributed by atoms with van der Waals surface area (Å²) in [5.74, 6) is 0.105. The maximum absolute atomic E-state index is 10.6. The first-order valence-corrected chi connectivity index (χ1v) is 4.51. The van der Waals surface area contributed by atoms with Gasteiger partial charge in [-0.1, -0.05) is 37.9 Å². The van der Waals surface area contributed by atoms with E-state index in [0.717, 1.165) is 6.08 Å². The molecule has 0 fully saturated rings. The predicted octanol–water partition coefficient (Wildman–Crippen LogP) is 3.07. The predicted molar refractivity (Wildman–Crippen MR) is 63.8 cm³/mol. The molecule has 0 aromatic heterocycles. The van der Waals surface area contributed by atoms with Crippen LogP contribution in [0.3, 0.4) is 0 Å². The van der Waals surface area contributed by atoms with E-state index < -0.39 is 5.97 Å². The smallest absolute Gasteiger partial charge is 0.335 e. The second kappa shape index (κ2) is 9.27. The SMILES string of the molecule is C=CC(=O)Oc1ccccc1.C=COC=C. The van der Waals surface area contributed by atoms with Crippen LogP contribution in [0.4, 0.5) is 0 Å². The first-order chi connectivity index (χ1) is 7.74. The van der Waals surface area contributed by atoms with Gasteiger partial charge < -0.3 is 9.47 Å². The van der Waals surface area contributed by atoms with Crippen molar-refractivity contribution in [3.63, 3.8) is 0 Å². The van der Waals surface area contributed by atoms with Crippen molar-refractivity contribution in [3.05, 3.63) is 68.7 Å². The van der Waals surface area contributed by atoms with E-state index in [4.69, 9.17) is 4.74 Å². The minimum Gasteiger partial charge on any atom is -0.474 e. The van der Waals surface area contributed by atoms with Gasteiger partial charge in [-0.25, -0.2) is 4.79 Å². The molecule has 0 aliphatic carbocycles. The molecular formula is C13H14O3. The lowest BCUT2D eigenvalue weighted by Gasteiger charge is -1.98. The maximum Gasteiger partial charge on any atom is 0.335 e. The number of para-hydroxylation sites is 1. The number of hydrogen-bond donors (Lipinski definition) is 0. The highest BCUT2D eigenvalue weighted by Gasteiger charge is 1.95. The standard InChI is InChI=1S/C9H8O2.C4H6O/c1-2-9(10)11-8-6-4-3-5-7-8;1-3-5-4-2/h2-7H,1H2;3-4H,1-2H2. The second-order valence-electron chi connectivity index (χ2n) is 2.41. The van der Waals surface area contributed by atoms with E-state index >= 15 is 0 Å². The molecule has 0 heterocycles. The third kappa shape index (κ3) is 7.15. The Morgan fingerprint density at radius 3 is 2.00 bits per heavy atom. The van der Waals surface area contributed by atoms with Crippen LogP contribution in [0.25, 0.3) is 0 Å². The molecule has 16 heavy (non-hydrogen) atoms. The minimum atomic E-state index is -0.434. The van der Waals surface area contributed by atoms with E-state index in [9.17, 15) is 4.79 Å². The zero-order valence-corrected chi connectivity index (χ0v) is 8.96. The number of rotatable bonds is 4. The van der Waals surface area contributed by atoms with E-state index in [2.05, 4.69) is 24.5 Å². The van der Waals surface area contributed by atoms with Crippen LogP contribution in [0, 0.1) is 0 Å². The van der Waals surface area contributed by atoms with Gasteiger partial charge in [-0.2, -0.15) is 0 Å². The van der Waals surface area contributed by atoms with Gasteiger partial charge >= 0.3 is 5.97 Å². The van der Waals surface area contributed by atoms with Gasteiger partial charge in [-0.15, -0.1) is 0 Å². The number of hydrogen-bond acceptors (Lipinski definition) is 3. The van der Waals surface area contributed by atoms with Crippen LogP contribution in [-0.2, 0) is 9.53 Å². The zero-order chi connectivity index (χ0) is 12.2. The molecule has 1 aromatic carbocycles. The highest BCUT2D eigenvalue weighted by molar-refractivity contribution is 5.83. The topological polar surface area (TPSA) is 35.5 Å². The van der Waals surface area contributed by atoms with E-state index in [1.807, 2.05) is 6.07 Å². The van der Waals surface area contributed by atoms with Crippen molar-refractivity contribution >= 4 is 5.97 Å². The summed E-state index contributed by atoms with van der Waals surface area (Å²) in [6.45, 7) is 9.80. The van der Waals surface area contributed by atoms with Crippen molar-refractivity contribution < 1.29 is 14.3 Å². The Morgan fingerprint density at radius 1 is 1.06 bits per heavy atom. The lowest BCUT2D eigenvalue weighted by Crippen LogP contribution is -2.02. The molecule has 84 valence electrons. The lowest BCUT2D eigenvalue weighted by molar-refractivity contribution is -0.128. The van der Waals surface area contributed by atoms with Crippen LogP contribution in [0.15, 0.2) is 68.7 Å². The van der Waals surface area contributed by atoms with Gasteiger partial charge in [0.05, 0.1) is 12.5 Å². The Kier molecular flexibility index (Phi) is 7.95. The van der Waals surface area contributed by atoms with Gasteiger partial charge in [0, 0.05) is 6.08 Å². The molecule has 1 aromatic rings. The average molecular weight is 218 g/mol. The van der Waals surface area contributed by atoms with E-state index in [1.54, 1.807) is 24.3 Å². The quantitative estimate of drug-likeness (QED) is 0.337. The highest BCUT2D eigenvalue weighted by Crippen LogP contribution is 2.07. The molecule has 0 aliphatic rings. The van der Waals surface area contributed by atoms with Crippen LogP contribution in [-0.4, -0.2) is 5.97 Å². The summed E-state index contributed by atoms with van der Waals surface area (Å²) in [7, 11) is 0. The molecule has 1 rings (SSSR count). The molecular weight excluding hydrogens is 204 g/mol. The van der Waals surface area contributed by atoms with Crippen molar-refractivity contribution in [1.29, 1.82) is 0 Å². The Bertz CT molecular complexity index is 335. The van der Waals surface area contributed by atoms with Crippen molar-refractivity contribution in [2.75, 3.05) is 0 Å². The van der Waals surface area contributed by atoms with Crippen molar-refractivity contribution in [2.45, 2.75) is 0 Å². The molecule has 3 nitrogen and oxygen atoms in total. The molecule has 0 saturated heterocycles. The Labute approximate surface area is 95.3 Å². The minimum absolute atomic E-state index is 0.434. The number of ether oxygens (including phenoxy) is 2. The molecule has 0 spiro atoms. The summed E-state index contributed by atoms with van der Waals surface area (Å²) in [6.07, 6.45) is 3.76. The molecule has 0 radical (unpaired) electrons. The molecule has 0 bridgehead atoms. The Morgan fingerprint density at radius 2 is 1.62 bits per heavy atom. The number of esters is 1. The molecule has 0 amide bonds. The average Bonchev–Trinajstić information content (AvgIpc) is 2.32.